The maximum Gasteiger partial charge on any atom is 0.333 e. The van der Waals surface area contributed by atoms with Gasteiger partial charge in [-0.1, -0.05) is 6.58 Å². The van der Waals surface area contributed by atoms with Crippen LogP contribution in [0.3, 0.4) is 0 Å². The molecule has 0 aliphatic heterocycles. The van der Waals surface area contributed by atoms with Crippen LogP contribution in [-0.2, 0) is 9.53 Å². The molecular weight excluding hydrogens is 164 g/mol. The van der Waals surface area contributed by atoms with E-state index in [0.29, 0.717) is 5.57 Å². The van der Waals surface area contributed by atoms with Crippen molar-refractivity contribution in [3.63, 3.8) is 0 Å². The summed E-state index contributed by atoms with van der Waals surface area (Å²) in [6, 6.07) is 0. The standard InChI is InChI=1S/C8H13ClO2/c1-6(2)7(10)11-8(3,4)5-9/h1,5H2,2-4H3. The fourth-order valence-electron chi connectivity index (χ4n) is 0.365. The average molecular weight is 177 g/mol. The fraction of sp³-hybridized carbons (Fsp3) is 0.625. The largest absolute Gasteiger partial charge is 0.455 e. The van der Waals surface area contributed by atoms with Gasteiger partial charge in [-0.15, -0.1) is 11.6 Å². The van der Waals surface area contributed by atoms with Gasteiger partial charge in [0.15, 0.2) is 0 Å². The Kier molecular flexibility index (Phi) is 3.59. The summed E-state index contributed by atoms with van der Waals surface area (Å²) in [5.41, 5.74) is -0.208. The number of halogens is 1. The highest BCUT2D eigenvalue weighted by Gasteiger charge is 2.21. The second-order valence-electron chi connectivity index (χ2n) is 3.06. The summed E-state index contributed by atoms with van der Waals surface area (Å²) in [6.45, 7) is 8.56. The number of hydrogen-bond acceptors (Lipinski definition) is 2. The van der Waals surface area contributed by atoms with E-state index in [1.165, 1.54) is 0 Å². The van der Waals surface area contributed by atoms with Crippen LogP contribution < -0.4 is 0 Å². The van der Waals surface area contributed by atoms with E-state index in [4.69, 9.17) is 16.3 Å². The van der Waals surface area contributed by atoms with Gasteiger partial charge in [-0.05, 0) is 20.8 Å². The molecule has 0 aromatic carbocycles. The number of carbonyl (C=O) groups is 1. The van der Waals surface area contributed by atoms with Gasteiger partial charge < -0.3 is 4.74 Å². The SMILES string of the molecule is C=C(C)C(=O)OC(C)(C)CCl. The average Bonchev–Trinajstić information content (AvgIpc) is 1.87. The Labute approximate surface area is 72.2 Å². The van der Waals surface area contributed by atoms with Gasteiger partial charge in [0.05, 0.1) is 5.88 Å². The molecule has 0 aliphatic carbocycles. The molecule has 0 amide bonds. The number of ether oxygens (including phenoxy) is 1. The molecule has 0 aromatic heterocycles. The third-order valence-electron chi connectivity index (χ3n) is 1.04. The number of esters is 1. The first-order valence-electron chi connectivity index (χ1n) is 3.34. The molecule has 0 saturated heterocycles. The zero-order valence-corrected chi connectivity index (χ0v) is 7.86. The fourth-order valence-corrected chi connectivity index (χ4v) is 0.420. The number of hydrogen-bond donors (Lipinski definition) is 0. The third-order valence-corrected chi connectivity index (χ3v) is 1.68. The third kappa shape index (κ3) is 4.04. The highest BCUT2D eigenvalue weighted by atomic mass is 35.5. The van der Waals surface area contributed by atoms with Gasteiger partial charge in [-0.25, -0.2) is 4.79 Å². The van der Waals surface area contributed by atoms with Crippen LogP contribution in [0.2, 0.25) is 0 Å². The number of carbonyl (C=O) groups excluding carboxylic acids is 1. The Morgan fingerprint density at radius 3 is 2.36 bits per heavy atom. The molecule has 64 valence electrons. The monoisotopic (exact) mass is 176 g/mol. The summed E-state index contributed by atoms with van der Waals surface area (Å²) >= 11 is 5.54. The second-order valence-corrected chi connectivity index (χ2v) is 3.33. The van der Waals surface area contributed by atoms with Crippen molar-refractivity contribution in [3.8, 4) is 0 Å². The molecule has 2 nitrogen and oxygen atoms in total. The molecule has 0 aliphatic rings. The smallest absolute Gasteiger partial charge is 0.333 e. The van der Waals surface area contributed by atoms with Crippen LogP contribution in [0.25, 0.3) is 0 Å². The summed E-state index contributed by atoms with van der Waals surface area (Å²) in [5, 5.41) is 0. The van der Waals surface area contributed by atoms with E-state index in [0.717, 1.165) is 0 Å². The highest BCUT2D eigenvalue weighted by molar-refractivity contribution is 6.18. The zero-order chi connectivity index (χ0) is 9.07. The maximum absolute atomic E-state index is 10.9. The molecule has 0 bridgehead atoms. The van der Waals surface area contributed by atoms with Crippen LogP contribution in [0.15, 0.2) is 12.2 Å². The zero-order valence-electron chi connectivity index (χ0n) is 7.11. The molecule has 0 heterocycles. The molecule has 0 fully saturated rings. The van der Waals surface area contributed by atoms with Crippen molar-refractivity contribution in [2.45, 2.75) is 26.4 Å². The first kappa shape index (κ1) is 10.5. The molecule has 0 unspecified atom stereocenters. The van der Waals surface area contributed by atoms with Gasteiger partial charge in [-0.2, -0.15) is 0 Å². The van der Waals surface area contributed by atoms with Crippen LogP contribution in [0, 0.1) is 0 Å². The Balaban J connectivity index is 4.04. The van der Waals surface area contributed by atoms with E-state index in [9.17, 15) is 4.79 Å². The Bertz CT molecular complexity index is 173. The van der Waals surface area contributed by atoms with E-state index in [1.54, 1.807) is 20.8 Å². The predicted molar refractivity (Wildman–Crippen MR) is 45.7 cm³/mol. The number of rotatable bonds is 3. The highest BCUT2D eigenvalue weighted by Crippen LogP contribution is 2.12. The van der Waals surface area contributed by atoms with Crippen LogP contribution in [-0.4, -0.2) is 17.5 Å². The van der Waals surface area contributed by atoms with Gasteiger partial charge in [0, 0.05) is 5.57 Å². The summed E-state index contributed by atoms with van der Waals surface area (Å²) in [6.07, 6.45) is 0. The van der Waals surface area contributed by atoms with Crippen LogP contribution >= 0.6 is 11.6 Å². The lowest BCUT2D eigenvalue weighted by molar-refractivity contribution is -0.149. The number of alkyl halides is 1. The van der Waals surface area contributed by atoms with E-state index in [-0.39, 0.29) is 5.88 Å². The summed E-state index contributed by atoms with van der Waals surface area (Å²) < 4.78 is 4.98. The van der Waals surface area contributed by atoms with Crippen molar-refractivity contribution in [1.29, 1.82) is 0 Å². The summed E-state index contributed by atoms with van der Waals surface area (Å²) in [4.78, 5) is 10.9. The minimum Gasteiger partial charge on any atom is -0.455 e. The summed E-state index contributed by atoms with van der Waals surface area (Å²) in [7, 11) is 0. The molecule has 11 heavy (non-hydrogen) atoms. The molecule has 3 heteroatoms. The van der Waals surface area contributed by atoms with Crippen LogP contribution in [0.4, 0.5) is 0 Å². The van der Waals surface area contributed by atoms with Gasteiger partial charge in [0.1, 0.15) is 5.60 Å². The van der Waals surface area contributed by atoms with Crippen LogP contribution in [0.5, 0.6) is 0 Å². The lowest BCUT2D eigenvalue weighted by atomic mass is 10.2. The van der Waals surface area contributed by atoms with Crippen molar-refractivity contribution < 1.29 is 9.53 Å². The molecule has 0 N–H and O–H groups in total. The van der Waals surface area contributed by atoms with Crippen molar-refractivity contribution in [1.82, 2.24) is 0 Å². The Morgan fingerprint density at radius 1 is 1.64 bits per heavy atom. The first-order chi connectivity index (χ1) is 4.89. The van der Waals surface area contributed by atoms with Gasteiger partial charge in [-0.3, -0.25) is 0 Å². The first-order valence-corrected chi connectivity index (χ1v) is 3.87. The molecule has 0 rings (SSSR count). The van der Waals surface area contributed by atoms with Crippen molar-refractivity contribution >= 4 is 17.6 Å². The Hall–Kier alpha value is -0.500. The maximum atomic E-state index is 10.9. The quantitative estimate of drug-likeness (QED) is 0.374. The topological polar surface area (TPSA) is 26.3 Å². The van der Waals surface area contributed by atoms with E-state index in [2.05, 4.69) is 6.58 Å². The molecule has 0 spiro atoms. The van der Waals surface area contributed by atoms with Crippen molar-refractivity contribution in [3.05, 3.63) is 12.2 Å². The van der Waals surface area contributed by atoms with Crippen molar-refractivity contribution in [2.75, 3.05) is 5.88 Å². The van der Waals surface area contributed by atoms with Gasteiger partial charge >= 0.3 is 5.97 Å². The molecule has 0 saturated carbocycles. The summed E-state index contributed by atoms with van der Waals surface area (Å²) in [5.74, 6) is -0.109. The predicted octanol–water partition coefficient (Wildman–Crippen LogP) is 2.12. The van der Waals surface area contributed by atoms with Gasteiger partial charge in [0.25, 0.3) is 0 Å². The molecular formula is C8H13ClO2. The Morgan fingerprint density at radius 2 is 2.09 bits per heavy atom. The minimum atomic E-state index is -0.600. The van der Waals surface area contributed by atoms with Crippen LogP contribution in [0.1, 0.15) is 20.8 Å². The van der Waals surface area contributed by atoms with E-state index < -0.39 is 11.6 Å². The lowest BCUT2D eigenvalue weighted by Crippen LogP contribution is -2.30. The normalized spacial score (nSPS) is 10.9. The minimum absolute atomic E-state index is 0.284. The van der Waals surface area contributed by atoms with Gasteiger partial charge in [0.2, 0.25) is 0 Å². The molecule has 0 radical (unpaired) electrons. The lowest BCUT2D eigenvalue weighted by Gasteiger charge is -2.21. The van der Waals surface area contributed by atoms with E-state index >= 15 is 0 Å². The van der Waals surface area contributed by atoms with E-state index in [1.807, 2.05) is 0 Å². The molecule has 0 aromatic rings. The van der Waals surface area contributed by atoms with Crippen molar-refractivity contribution in [2.24, 2.45) is 0 Å². The second kappa shape index (κ2) is 3.77. The molecule has 0 atom stereocenters.